The van der Waals surface area contributed by atoms with E-state index >= 15 is 0 Å². The molecule has 0 heterocycles. The van der Waals surface area contributed by atoms with E-state index in [1.807, 2.05) is 6.92 Å². The number of hydrogen-bond donors (Lipinski definition) is 0. The van der Waals surface area contributed by atoms with Crippen molar-refractivity contribution in [3.05, 3.63) is 0 Å². The van der Waals surface area contributed by atoms with Crippen LogP contribution in [0.2, 0.25) is 0 Å². The second kappa shape index (κ2) is 4.59. The van der Waals surface area contributed by atoms with Gasteiger partial charge in [0.1, 0.15) is 0 Å². The minimum Gasteiger partial charge on any atom is -0.381 e. The van der Waals surface area contributed by atoms with Crippen LogP contribution in [0.15, 0.2) is 0 Å². The first kappa shape index (κ1) is 7.43. The Balaban J connectivity index is 2.82. The largest absolute Gasteiger partial charge is 0.381 e. The molecule has 0 unspecified atom stereocenters. The van der Waals surface area contributed by atoms with Gasteiger partial charge in [-0.15, -0.1) is 0 Å². The van der Waals surface area contributed by atoms with Crippen LogP contribution in [0.5, 0.6) is 0 Å². The molecule has 0 saturated carbocycles. The number of amides is 1. The molecule has 47 valence electrons. The van der Waals surface area contributed by atoms with Crippen LogP contribution in [0.3, 0.4) is 0 Å². The van der Waals surface area contributed by atoms with Crippen molar-refractivity contribution in [3.8, 4) is 0 Å². The SMILES string of the molecule is CCOCCC([NH])=O. The van der Waals surface area contributed by atoms with E-state index in [1.165, 1.54) is 0 Å². The molecule has 0 atom stereocenters. The minimum atomic E-state index is -0.557. The molecule has 0 spiro atoms. The minimum absolute atomic E-state index is 0.216. The molecule has 0 aromatic rings. The van der Waals surface area contributed by atoms with E-state index in [9.17, 15) is 4.79 Å². The average Bonchev–Trinajstić information content (AvgIpc) is 1.66. The highest BCUT2D eigenvalue weighted by molar-refractivity contribution is 5.72. The fourth-order valence-corrected chi connectivity index (χ4v) is 0.309. The first-order valence-corrected chi connectivity index (χ1v) is 2.59. The summed E-state index contributed by atoms with van der Waals surface area (Å²) in [5.74, 6) is -0.557. The Morgan fingerprint density at radius 1 is 1.75 bits per heavy atom. The maximum absolute atomic E-state index is 9.91. The van der Waals surface area contributed by atoms with Gasteiger partial charge in [0, 0.05) is 6.61 Å². The Kier molecular flexibility index (Phi) is 4.26. The molecule has 0 saturated heterocycles. The Bertz CT molecular complexity index is 72.8. The second-order valence-electron chi connectivity index (χ2n) is 1.37. The van der Waals surface area contributed by atoms with Gasteiger partial charge in [-0.2, -0.15) is 0 Å². The van der Waals surface area contributed by atoms with Gasteiger partial charge in [-0.25, -0.2) is 0 Å². The highest BCUT2D eigenvalue weighted by atomic mass is 16.5. The first-order chi connectivity index (χ1) is 3.77. The topological polar surface area (TPSA) is 50.1 Å². The van der Waals surface area contributed by atoms with Gasteiger partial charge in [0.2, 0.25) is 5.91 Å². The molecule has 1 radical (unpaired) electrons. The summed E-state index contributed by atoms with van der Waals surface area (Å²) in [5, 5.41) is 0. The van der Waals surface area contributed by atoms with Crippen molar-refractivity contribution >= 4 is 5.91 Å². The second-order valence-corrected chi connectivity index (χ2v) is 1.37. The molecule has 0 aliphatic rings. The molecule has 1 amide bonds. The van der Waals surface area contributed by atoms with Gasteiger partial charge >= 0.3 is 0 Å². The molecular formula is C5H10NO2. The van der Waals surface area contributed by atoms with Crippen LogP contribution in [0.25, 0.3) is 0 Å². The predicted molar refractivity (Wildman–Crippen MR) is 29.2 cm³/mol. The zero-order valence-corrected chi connectivity index (χ0v) is 4.94. The van der Waals surface area contributed by atoms with E-state index in [1.54, 1.807) is 0 Å². The molecule has 0 rings (SSSR count). The van der Waals surface area contributed by atoms with Crippen molar-refractivity contribution in [2.45, 2.75) is 13.3 Å². The summed E-state index contributed by atoms with van der Waals surface area (Å²) in [4.78, 5) is 9.91. The van der Waals surface area contributed by atoms with Crippen LogP contribution in [-0.4, -0.2) is 19.1 Å². The molecule has 0 aromatic heterocycles. The van der Waals surface area contributed by atoms with Gasteiger partial charge in [0.15, 0.2) is 0 Å². The number of hydrogen-bond acceptors (Lipinski definition) is 2. The highest BCUT2D eigenvalue weighted by Crippen LogP contribution is 1.79. The number of ether oxygens (including phenoxy) is 1. The van der Waals surface area contributed by atoms with Crippen LogP contribution in [0.4, 0.5) is 0 Å². The van der Waals surface area contributed by atoms with E-state index in [4.69, 9.17) is 10.5 Å². The molecule has 0 bridgehead atoms. The van der Waals surface area contributed by atoms with Gasteiger partial charge in [0.05, 0.1) is 13.0 Å². The van der Waals surface area contributed by atoms with Crippen LogP contribution in [0.1, 0.15) is 13.3 Å². The Morgan fingerprint density at radius 3 is 2.75 bits per heavy atom. The molecule has 0 aromatic carbocycles. The fourth-order valence-electron chi connectivity index (χ4n) is 0.309. The highest BCUT2D eigenvalue weighted by Gasteiger charge is 1.91. The van der Waals surface area contributed by atoms with Crippen LogP contribution in [-0.2, 0) is 9.53 Å². The lowest BCUT2D eigenvalue weighted by Crippen LogP contribution is -2.03. The van der Waals surface area contributed by atoms with E-state index in [2.05, 4.69) is 0 Å². The van der Waals surface area contributed by atoms with Crippen molar-refractivity contribution in [2.24, 2.45) is 0 Å². The number of carbonyl (C=O) groups is 1. The zero-order chi connectivity index (χ0) is 6.41. The van der Waals surface area contributed by atoms with Crippen molar-refractivity contribution in [3.63, 3.8) is 0 Å². The van der Waals surface area contributed by atoms with Crippen LogP contribution in [0, 0.1) is 0 Å². The summed E-state index contributed by atoms with van der Waals surface area (Å²) in [6.45, 7) is 2.86. The van der Waals surface area contributed by atoms with Gasteiger partial charge in [0.25, 0.3) is 0 Å². The van der Waals surface area contributed by atoms with E-state index in [-0.39, 0.29) is 6.42 Å². The van der Waals surface area contributed by atoms with E-state index in [0.29, 0.717) is 13.2 Å². The van der Waals surface area contributed by atoms with Gasteiger partial charge in [-0.1, -0.05) is 0 Å². The lowest BCUT2D eigenvalue weighted by molar-refractivity contribution is -0.119. The van der Waals surface area contributed by atoms with Gasteiger partial charge < -0.3 is 4.74 Å². The van der Waals surface area contributed by atoms with Crippen molar-refractivity contribution in [1.29, 1.82) is 0 Å². The number of rotatable bonds is 4. The summed E-state index contributed by atoms with van der Waals surface area (Å²) in [5.41, 5.74) is 6.44. The summed E-state index contributed by atoms with van der Waals surface area (Å²) in [7, 11) is 0. The molecule has 0 fully saturated rings. The first-order valence-electron chi connectivity index (χ1n) is 2.59. The molecule has 3 heteroatoms. The number of carbonyl (C=O) groups excluding carboxylic acids is 1. The average molecular weight is 116 g/mol. The monoisotopic (exact) mass is 116 g/mol. The summed E-state index contributed by atoms with van der Waals surface area (Å²) >= 11 is 0. The third-order valence-electron chi connectivity index (χ3n) is 0.678. The Morgan fingerprint density at radius 2 is 2.38 bits per heavy atom. The molecule has 8 heavy (non-hydrogen) atoms. The molecule has 0 aliphatic heterocycles. The van der Waals surface area contributed by atoms with Crippen molar-refractivity contribution in [2.75, 3.05) is 13.2 Å². The predicted octanol–water partition coefficient (Wildman–Crippen LogP) is 0.222. The smallest absolute Gasteiger partial charge is 0.240 e. The third kappa shape index (κ3) is 5.43. The Hall–Kier alpha value is -0.570. The lowest BCUT2D eigenvalue weighted by atomic mass is 10.4. The number of nitrogens with one attached hydrogen (secondary N) is 1. The molecule has 3 nitrogen and oxygen atoms in total. The van der Waals surface area contributed by atoms with Crippen LogP contribution < -0.4 is 5.73 Å². The maximum atomic E-state index is 9.91. The van der Waals surface area contributed by atoms with Crippen molar-refractivity contribution in [1.82, 2.24) is 5.73 Å². The van der Waals surface area contributed by atoms with Gasteiger partial charge in [-0.3, -0.25) is 10.5 Å². The lowest BCUT2D eigenvalue weighted by Gasteiger charge is -1.93. The standard InChI is InChI=1S/C5H10NO2/c1-2-8-4-3-5(6)7/h6H,2-4H2,1H3. The quantitative estimate of drug-likeness (QED) is 0.493. The summed E-state index contributed by atoms with van der Waals surface area (Å²) < 4.78 is 4.80. The van der Waals surface area contributed by atoms with Crippen LogP contribution >= 0.6 is 0 Å². The third-order valence-corrected chi connectivity index (χ3v) is 0.678. The van der Waals surface area contributed by atoms with E-state index in [0.717, 1.165) is 0 Å². The molecule has 1 N–H and O–H groups in total. The molecule has 0 aliphatic carbocycles. The fraction of sp³-hybridized carbons (Fsp3) is 0.800. The zero-order valence-electron chi connectivity index (χ0n) is 4.94. The van der Waals surface area contributed by atoms with E-state index < -0.39 is 5.91 Å². The molecular weight excluding hydrogens is 106 g/mol. The normalized spacial score (nSPS) is 9.12. The summed E-state index contributed by atoms with van der Waals surface area (Å²) in [6.07, 6.45) is 0.216. The Labute approximate surface area is 48.8 Å². The van der Waals surface area contributed by atoms with Crippen molar-refractivity contribution < 1.29 is 9.53 Å². The van der Waals surface area contributed by atoms with Gasteiger partial charge in [-0.05, 0) is 6.92 Å². The summed E-state index contributed by atoms with van der Waals surface area (Å²) in [6, 6.07) is 0. The maximum Gasteiger partial charge on any atom is 0.240 e.